The van der Waals surface area contributed by atoms with E-state index in [1.165, 1.54) is 0 Å². The fourth-order valence-electron chi connectivity index (χ4n) is 1.42. The zero-order valence-electron chi connectivity index (χ0n) is 11.2. The van der Waals surface area contributed by atoms with Crippen molar-refractivity contribution in [1.29, 1.82) is 0 Å². The number of hydrogen-bond donors (Lipinski definition) is 1. The largest absolute Gasteiger partial charge is 0.385 e. The summed E-state index contributed by atoms with van der Waals surface area (Å²) < 4.78 is 0. The van der Waals surface area contributed by atoms with Gasteiger partial charge < -0.3 is 10.0 Å². The maximum absolute atomic E-state index is 10.2. The van der Waals surface area contributed by atoms with Crippen LogP contribution < -0.4 is 4.90 Å². The summed E-state index contributed by atoms with van der Waals surface area (Å²) in [5.74, 6) is 0. The Bertz CT molecular complexity index is 338. The Morgan fingerprint density at radius 2 is 1.62 bits per heavy atom. The lowest BCUT2D eigenvalue weighted by molar-refractivity contribution is 0.0803. The molecule has 0 saturated heterocycles. The van der Waals surface area contributed by atoms with Crippen molar-refractivity contribution in [3.05, 3.63) is 10.6 Å². The molecule has 4 heteroatoms. The van der Waals surface area contributed by atoms with Crippen molar-refractivity contribution in [2.45, 2.75) is 45.6 Å². The van der Waals surface area contributed by atoms with Gasteiger partial charge in [0.05, 0.1) is 16.2 Å². The molecule has 0 aliphatic carbocycles. The number of hydrogen-bond acceptors (Lipinski definition) is 4. The van der Waals surface area contributed by atoms with E-state index in [0.717, 1.165) is 15.7 Å². The van der Waals surface area contributed by atoms with Gasteiger partial charge in [0, 0.05) is 19.5 Å². The molecule has 1 N–H and O–H groups in total. The fraction of sp³-hybridized carbons (Fsp3) is 0.750. The Balaban J connectivity index is 3.36. The molecule has 0 aliphatic heterocycles. The van der Waals surface area contributed by atoms with E-state index in [0.29, 0.717) is 0 Å². The minimum absolute atomic E-state index is 0.0416. The first kappa shape index (κ1) is 13.5. The number of anilines is 1. The van der Waals surface area contributed by atoms with Gasteiger partial charge in [0.15, 0.2) is 5.13 Å². The second kappa shape index (κ2) is 4.00. The molecule has 1 aromatic heterocycles. The molecule has 16 heavy (non-hydrogen) atoms. The van der Waals surface area contributed by atoms with Gasteiger partial charge in [0.2, 0.25) is 0 Å². The third-order valence-corrected chi connectivity index (χ3v) is 3.80. The van der Waals surface area contributed by atoms with Crippen molar-refractivity contribution >= 4 is 16.5 Å². The van der Waals surface area contributed by atoms with Crippen molar-refractivity contribution in [3.63, 3.8) is 0 Å². The van der Waals surface area contributed by atoms with E-state index in [9.17, 15) is 5.11 Å². The molecule has 0 atom stereocenters. The maximum atomic E-state index is 10.2. The fourth-order valence-corrected chi connectivity index (χ4v) is 2.62. The third kappa shape index (κ3) is 2.74. The first-order valence-electron chi connectivity index (χ1n) is 5.45. The topological polar surface area (TPSA) is 36.4 Å². The van der Waals surface area contributed by atoms with Gasteiger partial charge >= 0.3 is 0 Å². The second-order valence-electron chi connectivity index (χ2n) is 5.88. The monoisotopic (exact) mass is 242 g/mol. The van der Waals surface area contributed by atoms with E-state index in [1.54, 1.807) is 11.3 Å². The number of aliphatic hydroxyl groups is 1. The van der Waals surface area contributed by atoms with Crippen LogP contribution in [0.3, 0.4) is 0 Å². The highest BCUT2D eigenvalue weighted by molar-refractivity contribution is 7.15. The Labute approximate surface area is 102 Å². The quantitative estimate of drug-likeness (QED) is 0.866. The van der Waals surface area contributed by atoms with Gasteiger partial charge in [-0.3, -0.25) is 0 Å². The molecule has 0 bridgehead atoms. The summed E-state index contributed by atoms with van der Waals surface area (Å²) in [6, 6.07) is 0. The summed E-state index contributed by atoms with van der Waals surface area (Å²) in [6.45, 7) is 9.99. The minimum Gasteiger partial charge on any atom is -0.385 e. The molecule has 0 fully saturated rings. The molecule has 0 spiro atoms. The average Bonchev–Trinajstić information content (AvgIpc) is 2.44. The van der Waals surface area contributed by atoms with E-state index in [4.69, 9.17) is 0 Å². The number of thiazole rings is 1. The maximum Gasteiger partial charge on any atom is 0.185 e. The minimum atomic E-state index is -0.825. The Morgan fingerprint density at radius 3 is 1.88 bits per heavy atom. The summed E-state index contributed by atoms with van der Waals surface area (Å²) in [7, 11) is 3.94. The zero-order chi connectivity index (χ0) is 12.7. The van der Waals surface area contributed by atoms with Gasteiger partial charge in [-0.25, -0.2) is 4.98 Å². The van der Waals surface area contributed by atoms with Crippen molar-refractivity contribution in [1.82, 2.24) is 4.98 Å². The van der Waals surface area contributed by atoms with E-state index >= 15 is 0 Å². The summed E-state index contributed by atoms with van der Waals surface area (Å²) in [5.41, 5.74) is 0.128. The molecule has 3 nitrogen and oxygen atoms in total. The van der Waals surface area contributed by atoms with E-state index in [1.807, 2.05) is 32.8 Å². The average molecular weight is 242 g/mol. The van der Waals surface area contributed by atoms with Crippen LogP contribution in [0.25, 0.3) is 0 Å². The van der Waals surface area contributed by atoms with Crippen LogP contribution in [0, 0.1) is 0 Å². The first-order chi connectivity index (χ1) is 7.03. The Hall–Kier alpha value is -0.610. The summed E-state index contributed by atoms with van der Waals surface area (Å²) in [5, 5.41) is 11.1. The van der Waals surface area contributed by atoms with Crippen molar-refractivity contribution in [3.8, 4) is 0 Å². The molecule has 0 radical (unpaired) electrons. The van der Waals surface area contributed by atoms with Crippen LogP contribution in [0.4, 0.5) is 5.13 Å². The predicted molar refractivity (Wildman–Crippen MR) is 70.4 cm³/mol. The third-order valence-electron chi connectivity index (χ3n) is 2.26. The molecule has 92 valence electrons. The Kier molecular flexibility index (Phi) is 3.37. The van der Waals surface area contributed by atoms with Gasteiger partial charge in [-0.1, -0.05) is 32.1 Å². The lowest BCUT2D eigenvalue weighted by Crippen LogP contribution is -2.22. The molecule has 1 rings (SSSR count). The van der Waals surface area contributed by atoms with Crippen LogP contribution in [0.15, 0.2) is 0 Å². The first-order valence-corrected chi connectivity index (χ1v) is 6.26. The van der Waals surface area contributed by atoms with E-state index in [2.05, 4.69) is 25.8 Å². The van der Waals surface area contributed by atoms with Gasteiger partial charge in [0.1, 0.15) is 0 Å². The van der Waals surface area contributed by atoms with Gasteiger partial charge in [-0.05, 0) is 13.8 Å². The second-order valence-corrected chi connectivity index (χ2v) is 6.86. The summed E-state index contributed by atoms with van der Waals surface area (Å²) in [6.07, 6.45) is 0. The number of aromatic nitrogens is 1. The number of rotatable bonds is 2. The molecule has 1 heterocycles. The van der Waals surface area contributed by atoms with Crippen LogP contribution in [-0.4, -0.2) is 24.2 Å². The predicted octanol–water partition coefficient (Wildman–Crippen LogP) is 2.73. The highest BCUT2D eigenvalue weighted by Gasteiger charge is 2.31. The van der Waals surface area contributed by atoms with Crippen molar-refractivity contribution in [2.24, 2.45) is 0 Å². The SMILES string of the molecule is CN(C)c1nc(C(C)(C)C)c(C(C)(C)O)s1. The molecular formula is C12H22N2OS. The van der Waals surface area contributed by atoms with Gasteiger partial charge in [-0.15, -0.1) is 0 Å². The molecule has 0 saturated carbocycles. The van der Waals surface area contributed by atoms with Gasteiger partial charge in [0.25, 0.3) is 0 Å². The molecule has 0 amide bonds. The molecular weight excluding hydrogens is 220 g/mol. The van der Waals surface area contributed by atoms with Crippen LogP contribution >= 0.6 is 11.3 Å². The molecule has 0 aliphatic rings. The van der Waals surface area contributed by atoms with Crippen LogP contribution in [0.2, 0.25) is 0 Å². The summed E-state index contributed by atoms with van der Waals surface area (Å²) in [4.78, 5) is 7.57. The van der Waals surface area contributed by atoms with Gasteiger partial charge in [-0.2, -0.15) is 0 Å². The van der Waals surface area contributed by atoms with Crippen molar-refractivity contribution < 1.29 is 5.11 Å². The normalized spacial score (nSPS) is 13.0. The van der Waals surface area contributed by atoms with E-state index < -0.39 is 5.60 Å². The highest BCUT2D eigenvalue weighted by Crippen LogP contribution is 2.39. The van der Waals surface area contributed by atoms with E-state index in [-0.39, 0.29) is 5.41 Å². The lowest BCUT2D eigenvalue weighted by Gasteiger charge is -2.23. The van der Waals surface area contributed by atoms with Crippen LogP contribution in [-0.2, 0) is 11.0 Å². The lowest BCUT2D eigenvalue weighted by atomic mass is 9.88. The highest BCUT2D eigenvalue weighted by atomic mass is 32.1. The molecule has 1 aromatic rings. The Morgan fingerprint density at radius 1 is 1.12 bits per heavy atom. The van der Waals surface area contributed by atoms with Crippen LogP contribution in [0.5, 0.6) is 0 Å². The van der Waals surface area contributed by atoms with Crippen molar-refractivity contribution in [2.75, 3.05) is 19.0 Å². The molecule has 0 unspecified atom stereocenters. The summed E-state index contributed by atoms with van der Waals surface area (Å²) >= 11 is 1.57. The zero-order valence-corrected chi connectivity index (χ0v) is 12.1. The van der Waals surface area contributed by atoms with Crippen LogP contribution in [0.1, 0.15) is 45.2 Å². The smallest absolute Gasteiger partial charge is 0.185 e. The standard InChI is InChI=1S/C12H22N2OS/c1-11(2,3)8-9(12(4,5)15)16-10(13-8)14(6)7/h15H,1-7H3. The number of nitrogens with zero attached hydrogens (tertiary/aromatic N) is 2. The molecule has 0 aromatic carbocycles.